The molecule has 1 aromatic carbocycles. The molecule has 0 saturated heterocycles. The topological polar surface area (TPSA) is 66.5 Å². The van der Waals surface area contributed by atoms with Crippen LogP contribution in [0.2, 0.25) is 0 Å². The van der Waals surface area contributed by atoms with Gasteiger partial charge in [0.25, 0.3) is 0 Å². The maximum absolute atomic E-state index is 4.30. The third kappa shape index (κ3) is 2.33. The zero-order chi connectivity index (χ0) is 12.4. The molecule has 3 rings (SSSR count). The largest absolute Gasteiger partial charge is 0.350 e. The Morgan fingerprint density at radius 3 is 3.11 bits per heavy atom. The summed E-state index contributed by atoms with van der Waals surface area (Å²) in [4.78, 5) is 15.6. The van der Waals surface area contributed by atoms with E-state index in [9.17, 15) is 0 Å². The van der Waals surface area contributed by atoms with Crippen molar-refractivity contribution in [2.45, 2.75) is 6.54 Å². The first kappa shape index (κ1) is 11.2. The molecule has 0 aliphatic heterocycles. The second-order valence-electron chi connectivity index (χ2n) is 3.82. The molecule has 0 unspecified atom stereocenters. The predicted octanol–water partition coefficient (Wildman–Crippen LogP) is 2.73. The van der Waals surface area contributed by atoms with Crippen LogP contribution in [0.15, 0.2) is 41.3 Å². The molecule has 0 bridgehead atoms. The van der Waals surface area contributed by atoms with Gasteiger partial charge in [-0.2, -0.15) is 4.98 Å². The summed E-state index contributed by atoms with van der Waals surface area (Å²) < 4.78 is 1.06. The predicted molar refractivity (Wildman–Crippen MR) is 73.2 cm³/mol. The summed E-state index contributed by atoms with van der Waals surface area (Å²) in [5, 5.41) is 3.17. The Labute approximate surface area is 112 Å². The molecular weight excluding hydrogens is 294 g/mol. The number of anilines is 1. The first-order valence-electron chi connectivity index (χ1n) is 5.46. The molecule has 0 radical (unpaired) electrons. The van der Waals surface area contributed by atoms with Crippen LogP contribution in [0.4, 0.5) is 5.95 Å². The smallest absolute Gasteiger partial charge is 0.225 e. The van der Waals surface area contributed by atoms with Gasteiger partial charge in [0.1, 0.15) is 5.52 Å². The van der Waals surface area contributed by atoms with Gasteiger partial charge in [-0.1, -0.05) is 28.1 Å². The number of nitrogens with one attached hydrogen (secondary N) is 2. The Balaban J connectivity index is 1.76. The van der Waals surface area contributed by atoms with Crippen molar-refractivity contribution in [3.63, 3.8) is 0 Å². The number of nitrogens with zero attached hydrogens (tertiary/aromatic N) is 3. The lowest BCUT2D eigenvalue weighted by atomic mass is 10.2. The number of H-pyrrole nitrogens is 1. The number of aromatic amines is 1. The quantitative estimate of drug-likeness (QED) is 0.781. The van der Waals surface area contributed by atoms with Crippen LogP contribution < -0.4 is 5.32 Å². The number of rotatable bonds is 3. The normalized spacial score (nSPS) is 10.7. The highest BCUT2D eigenvalue weighted by atomic mass is 79.9. The van der Waals surface area contributed by atoms with Crippen LogP contribution >= 0.6 is 15.9 Å². The molecular formula is C12H10BrN5. The maximum atomic E-state index is 4.30. The Kier molecular flexibility index (Phi) is 2.93. The molecule has 0 amide bonds. The summed E-state index contributed by atoms with van der Waals surface area (Å²) in [7, 11) is 0. The minimum Gasteiger partial charge on any atom is -0.350 e. The van der Waals surface area contributed by atoms with E-state index in [1.165, 1.54) is 0 Å². The second-order valence-corrected chi connectivity index (χ2v) is 4.73. The molecule has 0 fully saturated rings. The molecule has 2 aromatic heterocycles. The molecule has 0 atom stereocenters. The van der Waals surface area contributed by atoms with Crippen molar-refractivity contribution in [1.82, 2.24) is 19.9 Å². The van der Waals surface area contributed by atoms with E-state index in [1.54, 1.807) is 12.5 Å². The number of hydrogen-bond acceptors (Lipinski definition) is 4. The average molecular weight is 304 g/mol. The molecule has 6 heteroatoms. The van der Waals surface area contributed by atoms with E-state index in [0.29, 0.717) is 18.1 Å². The van der Waals surface area contributed by atoms with E-state index in [0.717, 1.165) is 15.6 Å². The lowest BCUT2D eigenvalue weighted by molar-refractivity contribution is 1.07. The van der Waals surface area contributed by atoms with Gasteiger partial charge in [-0.25, -0.2) is 9.97 Å². The molecule has 90 valence electrons. The van der Waals surface area contributed by atoms with Crippen molar-refractivity contribution in [2.24, 2.45) is 0 Å². The van der Waals surface area contributed by atoms with Crippen molar-refractivity contribution in [1.29, 1.82) is 0 Å². The van der Waals surface area contributed by atoms with Gasteiger partial charge >= 0.3 is 0 Å². The highest BCUT2D eigenvalue weighted by molar-refractivity contribution is 9.10. The fraction of sp³-hybridized carbons (Fsp3) is 0.0833. The summed E-state index contributed by atoms with van der Waals surface area (Å²) >= 11 is 3.44. The Morgan fingerprint density at radius 1 is 1.28 bits per heavy atom. The molecule has 5 nitrogen and oxygen atoms in total. The number of hydrogen-bond donors (Lipinski definition) is 2. The van der Waals surface area contributed by atoms with E-state index in [4.69, 9.17) is 0 Å². The van der Waals surface area contributed by atoms with E-state index in [2.05, 4.69) is 47.2 Å². The first-order chi connectivity index (χ1) is 8.81. The van der Waals surface area contributed by atoms with Gasteiger partial charge < -0.3 is 10.3 Å². The highest BCUT2D eigenvalue weighted by Crippen LogP contribution is 2.13. The van der Waals surface area contributed by atoms with Crippen molar-refractivity contribution in [3.8, 4) is 0 Å². The molecule has 0 spiro atoms. The molecule has 2 N–H and O–H groups in total. The summed E-state index contributed by atoms with van der Waals surface area (Å²) in [5.41, 5.74) is 2.67. The standard InChI is InChI=1S/C12H10BrN5/c13-9-3-1-2-8(4-9)5-14-12-15-6-10-11(18-12)17-7-16-10/h1-4,6-7H,5H2,(H2,14,15,16,17,18). The molecule has 0 aliphatic carbocycles. The maximum Gasteiger partial charge on any atom is 0.225 e. The van der Waals surface area contributed by atoms with Crippen LogP contribution in [0.25, 0.3) is 11.2 Å². The number of imidazole rings is 1. The average Bonchev–Trinajstić information content (AvgIpc) is 2.84. The van der Waals surface area contributed by atoms with Crippen LogP contribution in [0.3, 0.4) is 0 Å². The van der Waals surface area contributed by atoms with Gasteiger partial charge in [-0.05, 0) is 17.7 Å². The molecule has 0 saturated carbocycles. The summed E-state index contributed by atoms with van der Waals surface area (Å²) in [6.07, 6.45) is 3.33. The van der Waals surface area contributed by atoms with Gasteiger partial charge in [0, 0.05) is 11.0 Å². The number of aromatic nitrogens is 4. The number of halogens is 1. The van der Waals surface area contributed by atoms with Crippen LogP contribution in [-0.4, -0.2) is 19.9 Å². The van der Waals surface area contributed by atoms with Crippen LogP contribution in [-0.2, 0) is 6.54 Å². The SMILES string of the molecule is Brc1cccc(CNc2ncc3[nH]cnc3n2)c1. The zero-order valence-corrected chi connectivity index (χ0v) is 11.0. The van der Waals surface area contributed by atoms with E-state index in [1.807, 2.05) is 18.2 Å². The van der Waals surface area contributed by atoms with Gasteiger partial charge in [-0.3, -0.25) is 0 Å². The van der Waals surface area contributed by atoms with Gasteiger partial charge in [0.05, 0.1) is 12.5 Å². The van der Waals surface area contributed by atoms with Crippen molar-refractivity contribution < 1.29 is 0 Å². The molecule has 2 heterocycles. The summed E-state index contributed by atoms with van der Waals surface area (Å²) in [5.74, 6) is 0.578. The third-order valence-electron chi connectivity index (χ3n) is 2.52. The fourth-order valence-corrected chi connectivity index (χ4v) is 2.10. The minimum absolute atomic E-state index is 0.578. The Bertz CT molecular complexity index is 679. The minimum atomic E-state index is 0.578. The van der Waals surface area contributed by atoms with Crippen molar-refractivity contribution >= 4 is 33.0 Å². The molecule has 3 aromatic rings. The zero-order valence-electron chi connectivity index (χ0n) is 9.39. The van der Waals surface area contributed by atoms with Crippen LogP contribution in [0, 0.1) is 0 Å². The Morgan fingerprint density at radius 2 is 2.22 bits per heavy atom. The summed E-state index contributed by atoms with van der Waals surface area (Å²) in [6.45, 7) is 0.676. The first-order valence-corrected chi connectivity index (χ1v) is 6.25. The van der Waals surface area contributed by atoms with E-state index < -0.39 is 0 Å². The van der Waals surface area contributed by atoms with E-state index in [-0.39, 0.29) is 0 Å². The second kappa shape index (κ2) is 4.73. The van der Waals surface area contributed by atoms with E-state index >= 15 is 0 Å². The van der Waals surface area contributed by atoms with Crippen LogP contribution in [0.1, 0.15) is 5.56 Å². The third-order valence-corrected chi connectivity index (χ3v) is 3.01. The highest BCUT2D eigenvalue weighted by Gasteiger charge is 2.01. The number of fused-ring (bicyclic) bond motifs is 1. The number of benzene rings is 1. The van der Waals surface area contributed by atoms with Gasteiger partial charge in [0.15, 0.2) is 5.65 Å². The Hall–Kier alpha value is -1.95. The van der Waals surface area contributed by atoms with Crippen molar-refractivity contribution in [2.75, 3.05) is 5.32 Å². The van der Waals surface area contributed by atoms with Crippen molar-refractivity contribution in [3.05, 3.63) is 46.8 Å². The van der Waals surface area contributed by atoms with Crippen LogP contribution in [0.5, 0.6) is 0 Å². The summed E-state index contributed by atoms with van der Waals surface area (Å²) in [6, 6.07) is 8.10. The van der Waals surface area contributed by atoms with Gasteiger partial charge in [0.2, 0.25) is 5.95 Å². The monoisotopic (exact) mass is 303 g/mol. The fourth-order valence-electron chi connectivity index (χ4n) is 1.65. The lowest BCUT2D eigenvalue weighted by Crippen LogP contribution is -2.03. The van der Waals surface area contributed by atoms with Gasteiger partial charge in [-0.15, -0.1) is 0 Å². The molecule has 18 heavy (non-hydrogen) atoms. The molecule has 0 aliphatic rings. The lowest BCUT2D eigenvalue weighted by Gasteiger charge is -2.04.